The van der Waals surface area contributed by atoms with Gasteiger partial charge in [0.25, 0.3) is 5.56 Å². The van der Waals surface area contributed by atoms with E-state index in [-0.39, 0.29) is 11.3 Å². The van der Waals surface area contributed by atoms with E-state index >= 15 is 0 Å². The van der Waals surface area contributed by atoms with Crippen LogP contribution in [0.5, 0.6) is 5.75 Å². The van der Waals surface area contributed by atoms with Crippen molar-refractivity contribution in [3.05, 3.63) is 69.7 Å². The number of aromatic hydroxyl groups is 1. The first-order chi connectivity index (χ1) is 11.6. The van der Waals surface area contributed by atoms with Gasteiger partial charge in [0.05, 0.1) is 6.21 Å². The second-order valence-corrected chi connectivity index (χ2v) is 5.71. The van der Waals surface area contributed by atoms with Crippen LogP contribution in [0.1, 0.15) is 5.56 Å². The largest absolute Gasteiger partial charge is 0.508 e. The molecule has 2 aromatic carbocycles. The summed E-state index contributed by atoms with van der Waals surface area (Å²) in [5, 5.41) is 14.8. The van der Waals surface area contributed by atoms with Gasteiger partial charge in [0, 0.05) is 15.9 Å². The molecule has 0 aliphatic carbocycles. The molecule has 0 saturated heterocycles. The molecule has 0 bridgehead atoms. The summed E-state index contributed by atoms with van der Waals surface area (Å²) in [7, 11) is 0. The average Bonchev–Trinajstić information content (AvgIpc) is 2.95. The molecule has 0 amide bonds. The Bertz CT molecular complexity index is 1140. The van der Waals surface area contributed by atoms with E-state index in [0.717, 1.165) is 21.1 Å². The van der Waals surface area contributed by atoms with E-state index in [1.54, 1.807) is 36.4 Å². The molecule has 2 aromatic heterocycles. The normalized spacial score (nSPS) is 11.7. The van der Waals surface area contributed by atoms with Gasteiger partial charge in [-0.2, -0.15) is 9.78 Å². The number of hydrogen-bond donors (Lipinski definition) is 2. The maximum absolute atomic E-state index is 12.6. The summed E-state index contributed by atoms with van der Waals surface area (Å²) in [5.74, 6) is 0.170. The van der Waals surface area contributed by atoms with Gasteiger partial charge in [0.15, 0.2) is 0 Å². The van der Waals surface area contributed by atoms with Crippen LogP contribution in [0.2, 0.25) is 5.02 Å². The number of nitrogens with one attached hydrogen (secondary N) is 1. The van der Waals surface area contributed by atoms with Crippen LogP contribution < -0.4 is 5.56 Å². The van der Waals surface area contributed by atoms with Crippen LogP contribution in [0.15, 0.2) is 58.7 Å². The van der Waals surface area contributed by atoms with Gasteiger partial charge in [-0.15, -0.1) is 0 Å². The van der Waals surface area contributed by atoms with Crippen LogP contribution in [-0.4, -0.2) is 26.0 Å². The topological polar surface area (TPSA) is 83.3 Å². The molecule has 0 radical (unpaired) electrons. The Hall–Kier alpha value is -3.12. The maximum Gasteiger partial charge on any atom is 0.298 e. The fraction of sp³-hybridized carbons (Fsp3) is 0. The first-order valence-corrected chi connectivity index (χ1v) is 7.51. The highest BCUT2D eigenvalue weighted by atomic mass is 35.5. The van der Waals surface area contributed by atoms with Crippen molar-refractivity contribution in [1.29, 1.82) is 0 Å². The molecule has 0 atom stereocenters. The van der Waals surface area contributed by atoms with Gasteiger partial charge in [0.1, 0.15) is 23.1 Å². The van der Waals surface area contributed by atoms with E-state index in [9.17, 15) is 9.90 Å². The Kier molecular flexibility index (Phi) is 3.32. The summed E-state index contributed by atoms with van der Waals surface area (Å²) >= 11 is 6.01. The molecule has 0 aliphatic heterocycles. The van der Waals surface area contributed by atoms with Crippen LogP contribution >= 0.6 is 11.6 Å². The minimum atomic E-state index is -0.303. The fourth-order valence-corrected chi connectivity index (χ4v) is 2.66. The van der Waals surface area contributed by atoms with Gasteiger partial charge in [-0.3, -0.25) is 4.79 Å². The monoisotopic (exact) mass is 338 g/mol. The smallest absolute Gasteiger partial charge is 0.298 e. The molecule has 24 heavy (non-hydrogen) atoms. The van der Waals surface area contributed by atoms with Crippen LogP contribution in [-0.2, 0) is 0 Å². The van der Waals surface area contributed by atoms with E-state index in [4.69, 9.17) is 11.6 Å². The van der Waals surface area contributed by atoms with Crippen LogP contribution in [0.3, 0.4) is 0 Å². The summed E-state index contributed by atoms with van der Waals surface area (Å²) in [5.41, 5.74) is 2.18. The first-order valence-electron chi connectivity index (χ1n) is 7.14. The van der Waals surface area contributed by atoms with Crippen molar-refractivity contribution in [3.63, 3.8) is 0 Å². The molecule has 6 nitrogen and oxygen atoms in total. The van der Waals surface area contributed by atoms with Gasteiger partial charge in [-0.1, -0.05) is 11.6 Å². The van der Waals surface area contributed by atoms with E-state index in [1.165, 1.54) is 12.5 Å². The lowest BCUT2D eigenvalue weighted by atomic mass is 10.2. The second-order valence-electron chi connectivity index (χ2n) is 5.27. The van der Waals surface area contributed by atoms with Gasteiger partial charge < -0.3 is 10.1 Å². The van der Waals surface area contributed by atoms with Gasteiger partial charge in [-0.05, 0) is 48.0 Å². The standard InChI is InChI=1S/C17H11ClN4O2/c18-11-3-6-14-13(7-11)15-16(21-14)17(24)22(9-19-15)20-8-10-1-4-12(23)5-2-10/h1-9,21,23H. The number of aromatic amines is 1. The third-order valence-corrected chi connectivity index (χ3v) is 3.91. The van der Waals surface area contributed by atoms with Crippen molar-refractivity contribution in [3.8, 4) is 5.75 Å². The van der Waals surface area contributed by atoms with Gasteiger partial charge in [-0.25, -0.2) is 4.98 Å². The molecule has 4 rings (SSSR count). The molecule has 2 N–H and O–H groups in total. The van der Waals surface area contributed by atoms with Crippen molar-refractivity contribution in [2.75, 3.05) is 0 Å². The molecule has 0 aliphatic rings. The molecule has 0 spiro atoms. The third-order valence-electron chi connectivity index (χ3n) is 3.68. The average molecular weight is 339 g/mol. The van der Waals surface area contributed by atoms with Crippen molar-refractivity contribution >= 4 is 39.8 Å². The lowest BCUT2D eigenvalue weighted by Gasteiger charge is -1.98. The molecular weight excluding hydrogens is 328 g/mol. The van der Waals surface area contributed by atoms with E-state index < -0.39 is 0 Å². The third kappa shape index (κ3) is 2.43. The van der Waals surface area contributed by atoms with Crippen LogP contribution in [0, 0.1) is 0 Å². The number of halogens is 1. The highest BCUT2D eigenvalue weighted by Crippen LogP contribution is 2.24. The van der Waals surface area contributed by atoms with E-state index in [0.29, 0.717) is 16.1 Å². The summed E-state index contributed by atoms with van der Waals surface area (Å²) in [4.78, 5) is 19.9. The molecule has 118 valence electrons. The van der Waals surface area contributed by atoms with Crippen LogP contribution in [0.25, 0.3) is 21.9 Å². The molecule has 0 saturated carbocycles. The molecule has 0 fully saturated rings. The van der Waals surface area contributed by atoms with E-state index in [1.807, 2.05) is 6.07 Å². The summed E-state index contributed by atoms with van der Waals surface area (Å²) in [6.07, 6.45) is 2.89. The second kappa shape index (κ2) is 5.50. The highest BCUT2D eigenvalue weighted by Gasteiger charge is 2.10. The SMILES string of the molecule is O=c1c2[nH]c3ccc(Cl)cc3c2ncn1N=Cc1ccc(O)cc1. The van der Waals surface area contributed by atoms with Crippen molar-refractivity contribution < 1.29 is 5.11 Å². The predicted molar refractivity (Wildman–Crippen MR) is 94.0 cm³/mol. The minimum Gasteiger partial charge on any atom is -0.508 e. The molecule has 7 heteroatoms. The number of rotatable bonds is 2. The Morgan fingerprint density at radius 1 is 1.21 bits per heavy atom. The lowest BCUT2D eigenvalue weighted by Crippen LogP contribution is -2.17. The molecule has 4 aromatic rings. The number of nitrogens with zero attached hydrogens (tertiary/aromatic N) is 3. The summed E-state index contributed by atoms with van der Waals surface area (Å²) in [6, 6.07) is 11.8. The summed E-state index contributed by atoms with van der Waals surface area (Å²) < 4.78 is 1.16. The number of hydrogen-bond acceptors (Lipinski definition) is 4. The lowest BCUT2D eigenvalue weighted by molar-refractivity contribution is 0.475. The number of H-pyrrole nitrogens is 1. The zero-order valence-electron chi connectivity index (χ0n) is 12.3. The number of phenols is 1. The number of phenolic OH excluding ortho intramolecular Hbond substituents is 1. The van der Waals surface area contributed by atoms with E-state index in [2.05, 4.69) is 15.1 Å². The van der Waals surface area contributed by atoms with Gasteiger partial charge in [0.2, 0.25) is 0 Å². The number of aromatic nitrogens is 3. The van der Waals surface area contributed by atoms with Gasteiger partial charge >= 0.3 is 0 Å². The fourth-order valence-electron chi connectivity index (χ4n) is 2.49. The van der Waals surface area contributed by atoms with Crippen molar-refractivity contribution in [1.82, 2.24) is 14.6 Å². The Morgan fingerprint density at radius 2 is 2.00 bits per heavy atom. The zero-order valence-corrected chi connectivity index (χ0v) is 13.0. The zero-order chi connectivity index (χ0) is 16.7. The quantitative estimate of drug-likeness (QED) is 0.551. The summed E-state index contributed by atoms with van der Waals surface area (Å²) in [6.45, 7) is 0. The molecule has 2 heterocycles. The maximum atomic E-state index is 12.6. The Balaban J connectivity index is 1.82. The first kappa shape index (κ1) is 14.5. The minimum absolute atomic E-state index is 0.170. The molecular formula is C17H11ClN4O2. The van der Waals surface area contributed by atoms with Crippen molar-refractivity contribution in [2.24, 2.45) is 5.10 Å². The predicted octanol–water partition coefficient (Wildman–Crippen LogP) is 3.12. The molecule has 0 unspecified atom stereocenters. The van der Waals surface area contributed by atoms with Crippen LogP contribution in [0.4, 0.5) is 0 Å². The Morgan fingerprint density at radius 3 is 2.79 bits per heavy atom. The number of benzene rings is 2. The van der Waals surface area contributed by atoms with Crippen molar-refractivity contribution in [2.45, 2.75) is 0 Å². The Labute approximate surface area is 140 Å². The number of fused-ring (bicyclic) bond motifs is 3. The highest BCUT2D eigenvalue weighted by molar-refractivity contribution is 6.31.